The summed E-state index contributed by atoms with van der Waals surface area (Å²) < 4.78 is 0.964. The van der Waals surface area contributed by atoms with Gasteiger partial charge in [-0.25, -0.2) is 4.98 Å². The van der Waals surface area contributed by atoms with E-state index in [1.165, 1.54) is 17.8 Å². The summed E-state index contributed by atoms with van der Waals surface area (Å²) in [7, 11) is 0. The monoisotopic (exact) mass is 379 g/mol. The quantitative estimate of drug-likeness (QED) is 0.695. The number of rotatable bonds is 4. The number of anilines is 1. The number of aromatic nitrogens is 1. The molecule has 0 unspecified atom stereocenters. The second-order valence-electron chi connectivity index (χ2n) is 6.79. The van der Waals surface area contributed by atoms with Gasteiger partial charge in [-0.1, -0.05) is 43.5 Å². The third kappa shape index (κ3) is 4.01. The van der Waals surface area contributed by atoms with Crippen molar-refractivity contribution in [3.05, 3.63) is 59.1 Å². The summed E-state index contributed by atoms with van der Waals surface area (Å²) in [6.07, 6.45) is 5.58. The minimum atomic E-state index is -0.297. The Kier molecular flexibility index (Phi) is 5.16. The van der Waals surface area contributed by atoms with Crippen LogP contribution in [0.1, 0.15) is 52.3 Å². The van der Waals surface area contributed by atoms with Gasteiger partial charge in [0.1, 0.15) is 0 Å². The van der Waals surface area contributed by atoms with Crippen LogP contribution in [-0.4, -0.2) is 22.8 Å². The molecule has 5 nitrogen and oxygen atoms in total. The van der Waals surface area contributed by atoms with Crippen molar-refractivity contribution in [2.45, 2.75) is 38.1 Å². The Hall–Kier alpha value is -2.73. The highest BCUT2D eigenvalue weighted by Crippen LogP contribution is 2.24. The molecule has 0 spiro atoms. The van der Waals surface area contributed by atoms with Crippen molar-refractivity contribution in [2.75, 3.05) is 5.32 Å². The molecule has 1 aliphatic rings. The fraction of sp³-hybridized carbons (Fsp3) is 0.286. The van der Waals surface area contributed by atoms with Crippen molar-refractivity contribution >= 4 is 39.1 Å². The molecule has 0 radical (unpaired) electrons. The number of hydrogen-bond acceptors (Lipinski definition) is 4. The molecule has 1 fully saturated rings. The molecule has 1 saturated carbocycles. The SMILES string of the molecule is O=C(Nc1ccccc1C(=O)NC1CCCCC1)c1nc2ccccc2s1. The largest absolute Gasteiger partial charge is 0.349 e. The Labute approximate surface area is 161 Å². The number of benzene rings is 2. The maximum atomic E-state index is 12.7. The zero-order valence-corrected chi connectivity index (χ0v) is 15.7. The molecule has 1 heterocycles. The first-order valence-corrected chi connectivity index (χ1v) is 10.1. The van der Waals surface area contributed by atoms with E-state index in [4.69, 9.17) is 0 Å². The summed E-state index contributed by atoms with van der Waals surface area (Å²) in [6, 6.07) is 15.0. The zero-order chi connectivity index (χ0) is 18.6. The van der Waals surface area contributed by atoms with Crippen LogP contribution in [0.25, 0.3) is 10.2 Å². The van der Waals surface area contributed by atoms with E-state index in [-0.39, 0.29) is 17.9 Å². The normalized spacial score (nSPS) is 14.8. The topological polar surface area (TPSA) is 71.1 Å². The van der Waals surface area contributed by atoms with Gasteiger partial charge in [0.15, 0.2) is 5.01 Å². The molecule has 0 saturated heterocycles. The molecule has 2 amide bonds. The summed E-state index contributed by atoms with van der Waals surface area (Å²) in [4.78, 5) is 29.8. The maximum Gasteiger partial charge on any atom is 0.284 e. The molecule has 27 heavy (non-hydrogen) atoms. The Morgan fingerprint density at radius 2 is 1.67 bits per heavy atom. The van der Waals surface area contributed by atoms with Crippen molar-refractivity contribution in [1.29, 1.82) is 0 Å². The number of hydrogen-bond donors (Lipinski definition) is 2. The Morgan fingerprint density at radius 1 is 0.926 bits per heavy atom. The molecular weight excluding hydrogens is 358 g/mol. The predicted molar refractivity (Wildman–Crippen MR) is 108 cm³/mol. The number of fused-ring (bicyclic) bond motifs is 1. The molecule has 2 aromatic carbocycles. The van der Waals surface area contributed by atoms with Crippen molar-refractivity contribution in [3.8, 4) is 0 Å². The summed E-state index contributed by atoms with van der Waals surface area (Å²) in [5, 5.41) is 6.35. The van der Waals surface area contributed by atoms with E-state index >= 15 is 0 Å². The highest BCUT2D eigenvalue weighted by atomic mass is 32.1. The molecule has 0 bridgehead atoms. The first kappa shape index (κ1) is 17.7. The summed E-state index contributed by atoms with van der Waals surface area (Å²) in [6.45, 7) is 0. The average molecular weight is 379 g/mol. The van der Waals surface area contributed by atoms with Gasteiger partial charge in [0, 0.05) is 6.04 Å². The molecule has 6 heteroatoms. The van der Waals surface area contributed by atoms with Gasteiger partial charge in [-0.05, 0) is 37.1 Å². The van der Waals surface area contributed by atoms with E-state index < -0.39 is 0 Å². The van der Waals surface area contributed by atoms with Crippen LogP contribution in [-0.2, 0) is 0 Å². The van der Waals surface area contributed by atoms with Crippen LogP contribution in [0.5, 0.6) is 0 Å². The number of thiazole rings is 1. The van der Waals surface area contributed by atoms with Gasteiger partial charge in [0.05, 0.1) is 21.5 Å². The first-order valence-electron chi connectivity index (χ1n) is 9.27. The first-order chi connectivity index (χ1) is 13.2. The van der Waals surface area contributed by atoms with Crippen LogP contribution in [0.4, 0.5) is 5.69 Å². The second kappa shape index (κ2) is 7.88. The minimum absolute atomic E-state index is 0.137. The second-order valence-corrected chi connectivity index (χ2v) is 7.83. The highest BCUT2D eigenvalue weighted by molar-refractivity contribution is 7.20. The van der Waals surface area contributed by atoms with Crippen molar-refractivity contribution < 1.29 is 9.59 Å². The van der Waals surface area contributed by atoms with Crippen LogP contribution in [0.3, 0.4) is 0 Å². The lowest BCUT2D eigenvalue weighted by molar-refractivity contribution is 0.0928. The summed E-state index contributed by atoms with van der Waals surface area (Å²) in [5.74, 6) is -0.434. The molecule has 0 aliphatic heterocycles. The van der Waals surface area contributed by atoms with Gasteiger partial charge in [-0.3, -0.25) is 9.59 Å². The Bertz CT molecular complexity index is 943. The number of nitrogens with zero attached hydrogens (tertiary/aromatic N) is 1. The third-order valence-corrected chi connectivity index (χ3v) is 5.88. The van der Waals surface area contributed by atoms with Gasteiger partial charge in [0.2, 0.25) is 0 Å². The molecule has 138 valence electrons. The average Bonchev–Trinajstić information content (AvgIpc) is 3.13. The fourth-order valence-electron chi connectivity index (χ4n) is 3.45. The molecule has 0 atom stereocenters. The molecule has 1 aliphatic carbocycles. The standard InChI is InChI=1S/C21H21N3O2S/c25-19(22-14-8-2-1-3-9-14)15-10-4-5-11-16(15)23-20(26)21-24-17-12-6-7-13-18(17)27-21/h4-7,10-14H,1-3,8-9H2,(H,22,25)(H,23,26). The van der Waals surface area contributed by atoms with Gasteiger partial charge < -0.3 is 10.6 Å². The van der Waals surface area contributed by atoms with Crippen LogP contribution in [0.2, 0.25) is 0 Å². The lowest BCUT2D eigenvalue weighted by Crippen LogP contribution is -2.36. The molecule has 1 aromatic heterocycles. The van der Waals surface area contributed by atoms with Crippen LogP contribution in [0.15, 0.2) is 48.5 Å². The smallest absolute Gasteiger partial charge is 0.284 e. The predicted octanol–water partition coefficient (Wildman–Crippen LogP) is 4.61. The van der Waals surface area contributed by atoms with Gasteiger partial charge >= 0.3 is 0 Å². The third-order valence-electron chi connectivity index (χ3n) is 4.85. The highest BCUT2D eigenvalue weighted by Gasteiger charge is 2.20. The van der Waals surface area contributed by atoms with Crippen LogP contribution >= 0.6 is 11.3 Å². The molecule has 2 N–H and O–H groups in total. The van der Waals surface area contributed by atoms with E-state index in [0.717, 1.165) is 35.9 Å². The van der Waals surface area contributed by atoms with Crippen molar-refractivity contribution in [3.63, 3.8) is 0 Å². The van der Waals surface area contributed by atoms with Gasteiger partial charge in [0.25, 0.3) is 11.8 Å². The number of nitrogens with one attached hydrogen (secondary N) is 2. The van der Waals surface area contributed by atoms with Gasteiger partial charge in [-0.15, -0.1) is 11.3 Å². The fourth-order valence-corrected chi connectivity index (χ4v) is 4.31. The van der Waals surface area contributed by atoms with E-state index in [0.29, 0.717) is 16.3 Å². The van der Waals surface area contributed by atoms with Gasteiger partial charge in [-0.2, -0.15) is 0 Å². The van der Waals surface area contributed by atoms with Crippen LogP contribution < -0.4 is 10.6 Å². The number of carbonyl (C=O) groups is 2. The minimum Gasteiger partial charge on any atom is -0.349 e. The lowest BCUT2D eigenvalue weighted by atomic mass is 9.95. The maximum absolute atomic E-state index is 12.7. The Balaban J connectivity index is 1.51. The van der Waals surface area contributed by atoms with Crippen LogP contribution in [0, 0.1) is 0 Å². The number of amides is 2. The molecule has 3 aromatic rings. The zero-order valence-electron chi connectivity index (χ0n) is 14.9. The lowest BCUT2D eigenvalue weighted by Gasteiger charge is -2.23. The van der Waals surface area contributed by atoms with Crippen molar-refractivity contribution in [1.82, 2.24) is 10.3 Å². The number of para-hydroxylation sites is 2. The summed E-state index contributed by atoms with van der Waals surface area (Å²) in [5.41, 5.74) is 1.79. The Morgan fingerprint density at radius 3 is 2.48 bits per heavy atom. The summed E-state index contributed by atoms with van der Waals surface area (Å²) >= 11 is 1.34. The molecular formula is C21H21N3O2S. The van der Waals surface area contributed by atoms with Crippen molar-refractivity contribution in [2.24, 2.45) is 0 Å². The van der Waals surface area contributed by atoms with E-state index in [1.54, 1.807) is 12.1 Å². The van der Waals surface area contributed by atoms with E-state index in [1.807, 2.05) is 36.4 Å². The van der Waals surface area contributed by atoms with E-state index in [2.05, 4.69) is 15.6 Å². The number of carbonyl (C=O) groups excluding carboxylic acids is 2. The molecule has 4 rings (SSSR count). The van der Waals surface area contributed by atoms with E-state index in [9.17, 15) is 9.59 Å².